The van der Waals surface area contributed by atoms with Crippen LogP contribution >= 0.6 is 0 Å². The summed E-state index contributed by atoms with van der Waals surface area (Å²) in [6.07, 6.45) is 8.74. The van der Waals surface area contributed by atoms with E-state index in [1.165, 1.54) is 19.3 Å². The Morgan fingerprint density at radius 2 is 2.12 bits per heavy atom. The van der Waals surface area contributed by atoms with E-state index in [1.54, 1.807) is 6.20 Å². The smallest absolute Gasteiger partial charge is 0.108 e. The van der Waals surface area contributed by atoms with Gasteiger partial charge in [0.1, 0.15) is 5.60 Å². The van der Waals surface area contributed by atoms with Gasteiger partial charge in [0.05, 0.1) is 11.9 Å². The van der Waals surface area contributed by atoms with E-state index in [-0.39, 0.29) is 0 Å². The number of nitrogens with zero attached hydrogens (tertiary/aromatic N) is 3. The average molecular weight is 237 g/mol. The molecule has 1 fully saturated rings. The molecule has 0 saturated heterocycles. The Kier molecular flexibility index (Phi) is 3.82. The zero-order valence-corrected chi connectivity index (χ0v) is 10.9. The molecule has 1 N–H and O–H groups in total. The Bertz CT molecular complexity index is 353. The Balaban J connectivity index is 2.20. The van der Waals surface area contributed by atoms with Crippen LogP contribution in [0.3, 0.4) is 0 Å². The largest absolute Gasteiger partial charge is 0.384 e. The van der Waals surface area contributed by atoms with Gasteiger partial charge in [0.2, 0.25) is 0 Å². The molecule has 0 aromatic carbocycles. The van der Waals surface area contributed by atoms with E-state index in [0.29, 0.717) is 5.92 Å². The second kappa shape index (κ2) is 5.17. The van der Waals surface area contributed by atoms with Crippen molar-refractivity contribution < 1.29 is 5.11 Å². The SMILES string of the molecule is CCCn1nncc1C(C)(O)C1CCCCC1. The third-order valence-electron chi connectivity index (χ3n) is 3.97. The van der Waals surface area contributed by atoms with Gasteiger partial charge in [-0.05, 0) is 32.1 Å². The van der Waals surface area contributed by atoms with Crippen molar-refractivity contribution in [1.29, 1.82) is 0 Å². The highest BCUT2D eigenvalue weighted by Crippen LogP contribution is 2.38. The van der Waals surface area contributed by atoms with Crippen LogP contribution in [0, 0.1) is 5.92 Å². The molecule has 0 bridgehead atoms. The molecule has 1 aliphatic rings. The van der Waals surface area contributed by atoms with Crippen LogP contribution in [0.2, 0.25) is 0 Å². The predicted octanol–water partition coefficient (Wildman–Crippen LogP) is 2.48. The van der Waals surface area contributed by atoms with E-state index < -0.39 is 5.60 Å². The minimum atomic E-state index is -0.779. The third-order valence-corrected chi connectivity index (χ3v) is 3.97. The second-order valence-electron chi connectivity index (χ2n) is 5.32. The van der Waals surface area contributed by atoms with Crippen LogP contribution in [0.25, 0.3) is 0 Å². The molecule has 1 aliphatic carbocycles. The Hall–Kier alpha value is -0.900. The molecule has 1 unspecified atom stereocenters. The first-order chi connectivity index (χ1) is 8.16. The van der Waals surface area contributed by atoms with Crippen molar-refractivity contribution in [1.82, 2.24) is 15.0 Å². The van der Waals surface area contributed by atoms with Gasteiger partial charge in [0.15, 0.2) is 0 Å². The molecule has 1 aromatic rings. The fourth-order valence-corrected chi connectivity index (χ4v) is 2.90. The summed E-state index contributed by atoms with van der Waals surface area (Å²) < 4.78 is 1.86. The van der Waals surface area contributed by atoms with Crippen molar-refractivity contribution in [2.75, 3.05) is 0 Å². The van der Waals surface area contributed by atoms with Gasteiger partial charge < -0.3 is 5.11 Å². The summed E-state index contributed by atoms with van der Waals surface area (Å²) in [5, 5.41) is 18.8. The lowest BCUT2D eigenvalue weighted by Crippen LogP contribution is -2.35. The highest BCUT2D eigenvalue weighted by molar-refractivity contribution is 5.09. The van der Waals surface area contributed by atoms with Crippen molar-refractivity contribution in [3.05, 3.63) is 11.9 Å². The summed E-state index contributed by atoms with van der Waals surface area (Å²) in [6.45, 7) is 4.87. The van der Waals surface area contributed by atoms with Crippen LogP contribution in [0.1, 0.15) is 58.1 Å². The first-order valence-electron chi connectivity index (χ1n) is 6.77. The summed E-state index contributed by atoms with van der Waals surface area (Å²) in [7, 11) is 0. The van der Waals surface area contributed by atoms with Crippen molar-refractivity contribution in [3.63, 3.8) is 0 Å². The highest BCUT2D eigenvalue weighted by Gasteiger charge is 2.37. The lowest BCUT2D eigenvalue weighted by atomic mass is 9.76. The van der Waals surface area contributed by atoms with Gasteiger partial charge in [-0.15, -0.1) is 5.10 Å². The summed E-state index contributed by atoms with van der Waals surface area (Å²) in [4.78, 5) is 0. The molecule has 1 saturated carbocycles. The number of hydrogen-bond donors (Lipinski definition) is 1. The summed E-state index contributed by atoms with van der Waals surface area (Å²) in [5.41, 5.74) is 0.102. The van der Waals surface area contributed by atoms with Crippen LogP contribution in [0.5, 0.6) is 0 Å². The van der Waals surface area contributed by atoms with Gasteiger partial charge in [-0.25, -0.2) is 4.68 Å². The lowest BCUT2D eigenvalue weighted by Gasteiger charge is -2.35. The van der Waals surface area contributed by atoms with Gasteiger partial charge in [-0.3, -0.25) is 0 Å². The zero-order valence-electron chi connectivity index (χ0n) is 10.9. The fourth-order valence-electron chi connectivity index (χ4n) is 2.90. The summed E-state index contributed by atoms with van der Waals surface area (Å²) in [5.74, 6) is 0.352. The van der Waals surface area contributed by atoms with E-state index in [4.69, 9.17) is 0 Å². The van der Waals surface area contributed by atoms with E-state index >= 15 is 0 Å². The van der Waals surface area contributed by atoms with Crippen molar-refractivity contribution in [3.8, 4) is 0 Å². The third kappa shape index (κ3) is 2.51. The molecule has 1 aromatic heterocycles. The van der Waals surface area contributed by atoms with E-state index in [0.717, 1.165) is 31.5 Å². The fraction of sp³-hybridized carbons (Fsp3) is 0.846. The van der Waals surface area contributed by atoms with Crippen LogP contribution < -0.4 is 0 Å². The maximum absolute atomic E-state index is 10.8. The van der Waals surface area contributed by atoms with E-state index in [9.17, 15) is 5.11 Å². The molecule has 0 spiro atoms. The Morgan fingerprint density at radius 1 is 1.41 bits per heavy atom. The molecule has 1 heterocycles. The van der Waals surface area contributed by atoms with Crippen LogP contribution in [-0.2, 0) is 12.1 Å². The van der Waals surface area contributed by atoms with Crippen molar-refractivity contribution in [2.45, 2.75) is 64.5 Å². The number of aromatic nitrogens is 3. The monoisotopic (exact) mass is 237 g/mol. The van der Waals surface area contributed by atoms with Gasteiger partial charge in [-0.2, -0.15) is 0 Å². The van der Waals surface area contributed by atoms with Crippen LogP contribution in [0.4, 0.5) is 0 Å². The second-order valence-corrected chi connectivity index (χ2v) is 5.32. The number of aryl methyl sites for hydroxylation is 1. The maximum atomic E-state index is 10.8. The molecule has 0 aliphatic heterocycles. The normalized spacial score (nSPS) is 21.4. The minimum absolute atomic E-state index is 0.352. The maximum Gasteiger partial charge on any atom is 0.108 e. The Morgan fingerprint density at radius 3 is 2.76 bits per heavy atom. The standard InChI is InChI=1S/C13H23N3O/c1-3-9-16-12(10-14-15-16)13(2,17)11-7-5-4-6-8-11/h10-11,17H,3-9H2,1-2H3. The van der Waals surface area contributed by atoms with Crippen molar-refractivity contribution in [2.24, 2.45) is 5.92 Å². The first-order valence-corrected chi connectivity index (χ1v) is 6.77. The molecule has 4 nitrogen and oxygen atoms in total. The molecule has 96 valence electrons. The lowest BCUT2D eigenvalue weighted by molar-refractivity contribution is -0.0289. The zero-order chi connectivity index (χ0) is 12.3. The van der Waals surface area contributed by atoms with Gasteiger partial charge >= 0.3 is 0 Å². The topological polar surface area (TPSA) is 50.9 Å². The quantitative estimate of drug-likeness (QED) is 0.875. The van der Waals surface area contributed by atoms with Gasteiger partial charge in [0.25, 0.3) is 0 Å². The van der Waals surface area contributed by atoms with Crippen LogP contribution in [-0.4, -0.2) is 20.1 Å². The first kappa shape index (κ1) is 12.6. The molecular formula is C13H23N3O. The van der Waals surface area contributed by atoms with E-state index in [2.05, 4.69) is 17.2 Å². The Labute approximate surface area is 103 Å². The molecular weight excluding hydrogens is 214 g/mol. The van der Waals surface area contributed by atoms with E-state index in [1.807, 2.05) is 11.6 Å². The molecule has 0 radical (unpaired) electrons. The van der Waals surface area contributed by atoms with Gasteiger partial charge in [0, 0.05) is 6.54 Å². The molecule has 2 rings (SSSR count). The average Bonchev–Trinajstić information content (AvgIpc) is 2.80. The van der Waals surface area contributed by atoms with Crippen molar-refractivity contribution >= 4 is 0 Å². The molecule has 1 atom stereocenters. The number of hydrogen-bond acceptors (Lipinski definition) is 3. The summed E-state index contributed by atoms with van der Waals surface area (Å²) >= 11 is 0. The number of aliphatic hydroxyl groups is 1. The number of rotatable bonds is 4. The molecule has 17 heavy (non-hydrogen) atoms. The predicted molar refractivity (Wildman–Crippen MR) is 66.5 cm³/mol. The van der Waals surface area contributed by atoms with Gasteiger partial charge in [-0.1, -0.05) is 31.4 Å². The van der Waals surface area contributed by atoms with Crippen LogP contribution in [0.15, 0.2) is 6.20 Å². The molecule has 4 heteroatoms. The molecule has 0 amide bonds. The highest BCUT2D eigenvalue weighted by atomic mass is 16.3. The minimum Gasteiger partial charge on any atom is -0.384 e. The summed E-state index contributed by atoms with van der Waals surface area (Å²) in [6, 6.07) is 0.